The van der Waals surface area contributed by atoms with E-state index in [1.807, 2.05) is 0 Å². The lowest BCUT2D eigenvalue weighted by molar-refractivity contribution is -0.832. The molecule has 0 unspecified atom stereocenters. The molecule has 0 aliphatic carbocycles. The number of aryl methyl sites for hydroxylation is 1. The minimum atomic E-state index is -4.19. The summed E-state index contributed by atoms with van der Waals surface area (Å²) in [6, 6.07) is 7.36. The number of esters is 1. The van der Waals surface area contributed by atoms with E-state index in [0.29, 0.717) is 19.3 Å². The van der Waals surface area contributed by atoms with Crippen LogP contribution in [0.1, 0.15) is 29.8 Å². The molecule has 0 aliphatic heterocycles. The first-order valence-electron chi connectivity index (χ1n) is 10.3. The van der Waals surface area contributed by atoms with Crippen molar-refractivity contribution in [2.45, 2.75) is 29.2 Å². The van der Waals surface area contributed by atoms with Gasteiger partial charge in [0, 0.05) is 7.05 Å². The van der Waals surface area contributed by atoms with Gasteiger partial charge in [-0.3, -0.25) is 4.63 Å². The number of rotatable bonds is 10. The van der Waals surface area contributed by atoms with Gasteiger partial charge in [0.15, 0.2) is 11.3 Å². The number of imidazole rings is 1. The molecule has 0 amide bonds. The van der Waals surface area contributed by atoms with Crippen LogP contribution in [0.4, 0.5) is 0 Å². The Morgan fingerprint density at radius 3 is 2.69 bits per heavy atom. The number of benzene rings is 1. The molecule has 15 nitrogen and oxygen atoms in total. The standard InChI is InChI=1S/C19H19N7O8S/c1-24-19(28)25-12-20-14(15(25)21-23-24)18(27)33-11-7-3-6-10-32-16-17(26(29)34-22-16)35(30,31)13-8-4-2-5-9-13/h2,4-5,8-9,12H,3,6-7,10-11H2,1H3. The Morgan fingerprint density at radius 2 is 1.91 bits per heavy atom. The van der Waals surface area contributed by atoms with Gasteiger partial charge in [0.25, 0.3) is 9.84 Å². The first-order valence-corrected chi connectivity index (χ1v) is 11.8. The number of ether oxygens (including phenoxy) is 2. The molecular weight excluding hydrogens is 486 g/mol. The maximum absolute atomic E-state index is 12.7. The summed E-state index contributed by atoms with van der Waals surface area (Å²) in [7, 11) is -2.77. The molecule has 0 fully saturated rings. The number of aromatic nitrogens is 7. The maximum atomic E-state index is 12.7. The van der Waals surface area contributed by atoms with Crippen LogP contribution < -0.4 is 15.3 Å². The highest BCUT2D eigenvalue weighted by molar-refractivity contribution is 7.91. The van der Waals surface area contributed by atoms with Crippen molar-refractivity contribution in [3.63, 3.8) is 0 Å². The molecule has 35 heavy (non-hydrogen) atoms. The molecule has 184 valence electrons. The third-order valence-corrected chi connectivity index (χ3v) is 6.53. The molecule has 4 rings (SSSR count). The molecule has 0 bridgehead atoms. The van der Waals surface area contributed by atoms with E-state index in [0.717, 1.165) is 9.08 Å². The lowest BCUT2D eigenvalue weighted by Gasteiger charge is -2.05. The van der Waals surface area contributed by atoms with Gasteiger partial charge in [0.2, 0.25) is 0 Å². The average Bonchev–Trinajstić information content (AvgIpc) is 3.45. The van der Waals surface area contributed by atoms with E-state index in [2.05, 4.69) is 25.1 Å². The van der Waals surface area contributed by atoms with Crippen LogP contribution in [0.3, 0.4) is 0 Å². The molecule has 4 aromatic rings. The number of carbonyl (C=O) groups excluding carboxylic acids is 1. The largest absolute Gasteiger partial charge is 0.461 e. The molecule has 0 saturated heterocycles. The van der Waals surface area contributed by atoms with Gasteiger partial charge in [-0.15, -0.1) is 5.10 Å². The molecule has 0 N–H and O–H groups in total. The van der Waals surface area contributed by atoms with E-state index in [1.54, 1.807) is 6.07 Å². The molecule has 1 aromatic carbocycles. The van der Waals surface area contributed by atoms with E-state index < -0.39 is 32.4 Å². The van der Waals surface area contributed by atoms with Crippen molar-refractivity contribution < 1.29 is 32.2 Å². The number of nitrogens with zero attached hydrogens (tertiary/aromatic N) is 7. The molecule has 0 saturated carbocycles. The average molecular weight is 505 g/mol. The predicted octanol–water partition coefficient (Wildman–Crippen LogP) is -0.317. The molecule has 0 atom stereocenters. The van der Waals surface area contributed by atoms with Crippen LogP contribution in [0.15, 0.2) is 56.0 Å². The van der Waals surface area contributed by atoms with Gasteiger partial charge >= 0.3 is 22.6 Å². The van der Waals surface area contributed by atoms with E-state index in [-0.39, 0.29) is 34.4 Å². The van der Waals surface area contributed by atoms with E-state index in [9.17, 15) is 23.2 Å². The Hall–Kier alpha value is -4.34. The lowest BCUT2D eigenvalue weighted by Crippen LogP contribution is -2.30. The fourth-order valence-electron chi connectivity index (χ4n) is 3.05. The minimum Gasteiger partial charge on any atom is -0.461 e. The predicted molar refractivity (Wildman–Crippen MR) is 113 cm³/mol. The van der Waals surface area contributed by atoms with Crippen molar-refractivity contribution in [3.05, 3.63) is 58.0 Å². The fraction of sp³-hybridized carbons (Fsp3) is 0.316. The minimum absolute atomic E-state index is 0.00372. The van der Waals surface area contributed by atoms with E-state index in [4.69, 9.17) is 9.47 Å². The number of sulfone groups is 1. The zero-order valence-electron chi connectivity index (χ0n) is 18.3. The maximum Gasteiger partial charge on any atom is 0.414 e. The summed E-state index contributed by atoms with van der Waals surface area (Å²) in [5.74, 6) is -1.18. The second-order valence-electron chi connectivity index (χ2n) is 7.18. The van der Waals surface area contributed by atoms with Gasteiger partial charge in [-0.2, -0.15) is 4.68 Å². The summed E-state index contributed by atoms with van der Waals surface area (Å²) in [6.07, 6.45) is 2.63. The van der Waals surface area contributed by atoms with Crippen molar-refractivity contribution in [3.8, 4) is 5.88 Å². The van der Waals surface area contributed by atoms with Crippen LogP contribution in [0.2, 0.25) is 0 Å². The van der Waals surface area contributed by atoms with Crippen molar-refractivity contribution in [2.24, 2.45) is 7.05 Å². The third-order valence-electron chi connectivity index (χ3n) is 4.81. The highest BCUT2D eigenvalue weighted by Gasteiger charge is 2.35. The zero-order chi connectivity index (χ0) is 25.0. The topological polar surface area (TPSA) is 188 Å². The van der Waals surface area contributed by atoms with Crippen molar-refractivity contribution in [2.75, 3.05) is 13.2 Å². The van der Waals surface area contributed by atoms with Gasteiger partial charge in [0.1, 0.15) is 6.33 Å². The smallest absolute Gasteiger partial charge is 0.414 e. The Bertz CT molecular complexity index is 1510. The van der Waals surface area contributed by atoms with Gasteiger partial charge in [-0.1, -0.05) is 23.4 Å². The lowest BCUT2D eigenvalue weighted by atomic mass is 10.2. The molecule has 0 spiro atoms. The highest BCUT2D eigenvalue weighted by atomic mass is 32.2. The van der Waals surface area contributed by atoms with Crippen molar-refractivity contribution in [1.29, 1.82) is 0 Å². The number of hydrogen-bond acceptors (Lipinski definition) is 12. The fourth-order valence-corrected chi connectivity index (χ4v) is 4.34. The second-order valence-corrected chi connectivity index (χ2v) is 9.05. The monoisotopic (exact) mass is 505 g/mol. The molecular formula is C19H19N7O8S. The van der Waals surface area contributed by atoms with Crippen LogP contribution in [-0.4, -0.2) is 57.1 Å². The number of unbranched alkanes of at least 4 members (excludes halogenated alkanes) is 2. The van der Waals surface area contributed by atoms with Crippen LogP contribution in [-0.2, 0) is 21.6 Å². The van der Waals surface area contributed by atoms with Crippen LogP contribution >= 0.6 is 0 Å². The summed E-state index contributed by atoms with van der Waals surface area (Å²) in [5, 5.41) is 21.9. The summed E-state index contributed by atoms with van der Waals surface area (Å²) < 4.78 is 42.4. The van der Waals surface area contributed by atoms with Gasteiger partial charge in [-0.05, 0) is 36.3 Å². The Kier molecular flexibility index (Phi) is 6.72. The number of hydrogen-bond donors (Lipinski definition) is 0. The van der Waals surface area contributed by atoms with Gasteiger partial charge in [-0.25, -0.2) is 27.4 Å². The second kappa shape index (κ2) is 9.88. The first-order chi connectivity index (χ1) is 16.8. The number of carbonyl (C=O) groups is 1. The summed E-state index contributed by atoms with van der Waals surface area (Å²) in [6.45, 7) is 0.108. The highest BCUT2D eigenvalue weighted by Crippen LogP contribution is 2.25. The van der Waals surface area contributed by atoms with Crippen molar-refractivity contribution >= 4 is 21.5 Å². The van der Waals surface area contributed by atoms with E-state index >= 15 is 0 Å². The molecule has 0 aliphatic rings. The molecule has 0 radical (unpaired) electrons. The molecule has 3 heterocycles. The van der Waals surface area contributed by atoms with Crippen LogP contribution in [0.5, 0.6) is 5.88 Å². The molecule has 3 aromatic heterocycles. The Morgan fingerprint density at radius 1 is 1.17 bits per heavy atom. The van der Waals surface area contributed by atoms with Crippen molar-refractivity contribution in [1.82, 2.24) is 29.5 Å². The third kappa shape index (κ3) is 4.81. The normalized spacial score (nSPS) is 11.6. The van der Waals surface area contributed by atoms with Gasteiger partial charge in [0.05, 0.1) is 23.3 Å². The number of fused-ring (bicyclic) bond motifs is 1. The summed E-state index contributed by atoms with van der Waals surface area (Å²) >= 11 is 0. The Balaban J connectivity index is 1.25. The summed E-state index contributed by atoms with van der Waals surface area (Å²) in [4.78, 5) is 27.7. The van der Waals surface area contributed by atoms with Crippen LogP contribution in [0.25, 0.3) is 5.65 Å². The first kappa shape index (κ1) is 23.8. The SMILES string of the molecule is Cn1nnc2c(C(=O)OCCCCCOc3no[n+]([O-])c3S(=O)(=O)c3ccccc3)ncn2c1=O. The van der Waals surface area contributed by atoms with Crippen LogP contribution in [0, 0.1) is 5.21 Å². The van der Waals surface area contributed by atoms with E-state index in [1.165, 1.54) is 37.6 Å². The zero-order valence-corrected chi connectivity index (χ0v) is 19.1. The quantitative estimate of drug-likeness (QED) is 0.155. The van der Waals surface area contributed by atoms with Gasteiger partial charge < -0.3 is 14.7 Å². The Labute approximate surface area is 197 Å². The summed E-state index contributed by atoms with van der Waals surface area (Å²) in [5.41, 5.74) is -0.630. The molecule has 16 heteroatoms.